The van der Waals surface area contributed by atoms with Crippen LogP contribution < -0.4 is 0 Å². The van der Waals surface area contributed by atoms with E-state index in [1.165, 1.54) is 13.8 Å². The molecule has 0 amide bonds. The van der Waals surface area contributed by atoms with Gasteiger partial charge in [0.05, 0.1) is 25.6 Å². The second-order valence-electron chi connectivity index (χ2n) is 5.65. The predicted molar refractivity (Wildman–Crippen MR) is 103 cm³/mol. The predicted octanol–water partition coefficient (Wildman–Crippen LogP) is 3.93. The molecule has 0 saturated heterocycles. The fourth-order valence-corrected chi connectivity index (χ4v) is 4.72. The van der Waals surface area contributed by atoms with Crippen molar-refractivity contribution in [2.24, 2.45) is 5.92 Å². The van der Waals surface area contributed by atoms with E-state index in [1.807, 2.05) is 0 Å². The van der Waals surface area contributed by atoms with Crippen molar-refractivity contribution >= 4 is 26.7 Å². The Balaban J connectivity index is 0. The lowest BCUT2D eigenvalue weighted by Crippen LogP contribution is -2.18. The van der Waals surface area contributed by atoms with Crippen molar-refractivity contribution in [1.29, 1.82) is 0 Å². The SMILES string of the molecule is CCOC(=O)CCP(C)(=O)OC.CCOP(=O)(CC)CC(CC)C(=O)O. The van der Waals surface area contributed by atoms with E-state index in [2.05, 4.69) is 4.74 Å². The first-order valence-electron chi connectivity index (χ1n) is 8.73. The molecule has 0 aromatic carbocycles. The molecule has 0 heterocycles. The van der Waals surface area contributed by atoms with Gasteiger partial charge in [-0.1, -0.05) is 13.8 Å². The quantitative estimate of drug-likeness (QED) is 0.376. The summed E-state index contributed by atoms with van der Waals surface area (Å²) in [5, 5.41) is 8.82. The first kappa shape index (κ1) is 27.5. The summed E-state index contributed by atoms with van der Waals surface area (Å²) in [6.07, 6.45) is 1.47. The number of hydrogen-bond acceptors (Lipinski definition) is 7. The molecule has 0 fully saturated rings. The van der Waals surface area contributed by atoms with Crippen LogP contribution in [0.1, 0.15) is 40.5 Å². The van der Waals surface area contributed by atoms with Crippen molar-refractivity contribution in [2.45, 2.75) is 40.5 Å². The number of carboxylic acids is 1. The molecule has 0 rings (SSSR count). The van der Waals surface area contributed by atoms with E-state index in [4.69, 9.17) is 14.2 Å². The number of hydrogen-bond donors (Lipinski definition) is 1. The lowest BCUT2D eigenvalue weighted by Gasteiger charge is -2.19. The molecule has 0 radical (unpaired) electrons. The Morgan fingerprint density at radius 1 is 1.08 bits per heavy atom. The molecule has 0 aliphatic carbocycles. The highest BCUT2D eigenvalue weighted by molar-refractivity contribution is 7.59. The van der Waals surface area contributed by atoms with Crippen LogP contribution in [0, 0.1) is 5.92 Å². The van der Waals surface area contributed by atoms with Gasteiger partial charge < -0.3 is 18.9 Å². The summed E-state index contributed by atoms with van der Waals surface area (Å²) in [5.74, 6) is -1.76. The summed E-state index contributed by atoms with van der Waals surface area (Å²) in [5.41, 5.74) is 0. The minimum Gasteiger partial charge on any atom is -0.481 e. The molecule has 3 atom stereocenters. The van der Waals surface area contributed by atoms with Crippen molar-refractivity contribution in [3.63, 3.8) is 0 Å². The molecule has 0 aromatic rings. The van der Waals surface area contributed by atoms with Gasteiger partial charge in [0, 0.05) is 32.3 Å². The zero-order valence-corrected chi connectivity index (χ0v) is 18.5. The van der Waals surface area contributed by atoms with Crippen LogP contribution in [0.2, 0.25) is 0 Å². The standard InChI is InChI=1S/C9H19O4P.C7H15O4P/c1-4-8(9(10)11)7-14(12,6-3)13-5-2;1-4-11-7(8)5-6-12(3,9)10-2/h8H,4-7H2,1-3H3,(H,10,11);4-6H2,1-3H3. The Kier molecular flexibility index (Phi) is 15.2. The van der Waals surface area contributed by atoms with Crippen molar-refractivity contribution in [1.82, 2.24) is 0 Å². The largest absolute Gasteiger partial charge is 0.481 e. The van der Waals surface area contributed by atoms with Gasteiger partial charge in [-0.05, 0) is 20.3 Å². The first-order chi connectivity index (χ1) is 12.0. The van der Waals surface area contributed by atoms with Crippen LogP contribution in [0.3, 0.4) is 0 Å². The molecule has 8 nitrogen and oxygen atoms in total. The molecule has 10 heteroatoms. The summed E-state index contributed by atoms with van der Waals surface area (Å²) in [6.45, 7) is 9.30. The van der Waals surface area contributed by atoms with Crippen LogP contribution in [0.15, 0.2) is 0 Å². The summed E-state index contributed by atoms with van der Waals surface area (Å²) < 4.78 is 37.8. The van der Waals surface area contributed by atoms with Crippen LogP contribution >= 0.6 is 14.7 Å². The van der Waals surface area contributed by atoms with E-state index in [1.54, 1.807) is 27.7 Å². The van der Waals surface area contributed by atoms with Gasteiger partial charge >= 0.3 is 11.9 Å². The monoisotopic (exact) mass is 416 g/mol. The summed E-state index contributed by atoms with van der Waals surface area (Å²) in [7, 11) is -3.88. The maximum absolute atomic E-state index is 12.0. The van der Waals surface area contributed by atoms with E-state index < -0.39 is 26.6 Å². The molecular weight excluding hydrogens is 382 g/mol. The van der Waals surface area contributed by atoms with E-state index in [0.717, 1.165) is 0 Å². The zero-order chi connectivity index (χ0) is 20.8. The second-order valence-corrected chi connectivity index (χ2v) is 11.4. The van der Waals surface area contributed by atoms with E-state index in [-0.39, 0.29) is 24.7 Å². The van der Waals surface area contributed by atoms with Gasteiger partial charge in [0.25, 0.3) is 0 Å². The van der Waals surface area contributed by atoms with Crippen LogP contribution in [0.4, 0.5) is 0 Å². The molecule has 0 aliphatic heterocycles. The highest BCUT2D eigenvalue weighted by Gasteiger charge is 2.28. The number of esters is 1. The minimum absolute atomic E-state index is 0.156. The smallest absolute Gasteiger partial charge is 0.307 e. The van der Waals surface area contributed by atoms with E-state index >= 15 is 0 Å². The van der Waals surface area contributed by atoms with E-state index in [9.17, 15) is 18.7 Å². The number of aliphatic carboxylic acids is 1. The lowest BCUT2D eigenvalue weighted by atomic mass is 10.1. The Bertz CT molecular complexity index is 506. The molecule has 0 saturated carbocycles. The number of carbonyl (C=O) groups excluding carboxylic acids is 1. The van der Waals surface area contributed by atoms with Gasteiger partial charge in [-0.25, -0.2) is 0 Å². The normalized spacial score (nSPS) is 16.4. The van der Waals surface area contributed by atoms with Crippen molar-refractivity contribution in [3.8, 4) is 0 Å². The summed E-state index contributed by atoms with van der Waals surface area (Å²) in [4.78, 5) is 21.6. The molecule has 0 bridgehead atoms. The molecule has 156 valence electrons. The molecule has 1 N–H and O–H groups in total. The third-order valence-corrected chi connectivity index (χ3v) is 8.10. The topological polar surface area (TPSA) is 116 Å². The summed E-state index contributed by atoms with van der Waals surface area (Å²) in [6, 6.07) is 0. The molecular formula is C16H34O8P2. The van der Waals surface area contributed by atoms with Crippen molar-refractivity contribution < 1.29 is 37.6 Å². The fraction of sp³-hybridized carbons (Fsp3) is 0.875. The molecule has 0 spiro atoms. The average Bonchev–Trinajstić information content (AvgIpc) is 2.59. The van der Waals surface area contributed by atoms with Gasteiger partial charge in [0.1, 0.15) is 0 Å². The highest BCUT2D eigenvalue weighted by atomic mass is 31.2. The van der Waals surface area contributed by atoms with Gasteiger partial charge in [-0.15, -0.1) is 0 Å². The fourth-order valence-electron chi connectivity index (χ4n) is 1.84. The van der Waals surface area contributed by atoms with Crippen LogP contribution in [0.5, 0.6) is 0 Å². The Morgan fingerprint density at radius 2 is 1.65 bits per heavy atom. The van der Waals surface area contributed by atoms with Crippen molar-refractivity contribution in [3.05, 3.63) is 0 Å². The molecule has 26 heavy (non-hydrogen) atoms. The molecule has 0 aromatic heterocycles. The van der Waals surface area contributed by atoms with Gasteiger partial charge in [0.15, 0.2) is 0 Å². The zero-order valence-electron chi connectivity index (χ0n) is 16.7. The molecule has 0 aliphatic rings. The van der Waals surface area contributed by atoms with Gasteiger partial charge in [-0.2, -0.15) is 0 Å². The third kappa shape index (κ3) is 13.5. The van der Waals surface area contributed by atoms with Crippen LogP contribution in [-0.2, 0) is 32.5 Å². The number of carboxylic acid groups (broad SMARTS) is 1. The van der Waals surface area contributed by atoms with Crippen molar-refractivity contribution in [2.75, 3.05) is 45.5 Å². The van der Waals surface area contributed by atoms with Crippen LogP contribution in [0.25, 0.3) is 0 Å². The maximum atomic E-state index is 12.0. The average molecular weight is 416 g/mol. The van der Waals surface area contributed by atoms with Gasteiger partial charge in [-0.3, -0.25) is 18.7 Å². The molecule has 3 unspecified atom stereocenters. The second kappa shape index (κ2) is 14.4. The third-order valence-electron chi connectivity index (χ3n) is 3.60. The number of ether oxygens (including phenoxy) is 1. The Morgan fingerprint density at radius 3 is 2.00 bits per heavy atom. The highest BCUT2D eigenvalue weighted by Crippen LogP contribution is 2.48. The maximum Gasteiger partial charge on any atom is 0.307 e. The van der Waals surface area contributed by atoms with Gasteiger partial charge in [0.2, 0.25) is 14.7 Å². The Hall–Kier alpha value is -0.680. The minimum atomic E-state index is -2.71. The van der Waals surface area contributed by atoms with Crippen LogP contribution in [-0.4, -0.2) is 62.5 Å². The van der Waals surface area contributed by atoms with E-state index in [0.29, 0.717) is 25.8 Å². The first-order valence-corrected chi connectivity index (χ1v) is 13.0. The Labute approximate surface area is 156 Å². The number of carbonyl (C=O) groups is 2. The summed E-state index contributed by atoms with van der Waals surface area (Å²) >= 11 is 0. The number of rotatable bonds is 12. The lowest BCUT2D eigenvalue weighted by molar-refractivity contribution is -0.143.